The number of amides is 3. The zero-order valence-corrected chi connectivity index (χ0v) is 17.7. The monoisotopic (exact) mass is 434 g/mol. The third kappa shape index (κ3) is 4.72. The van der Waals surface area contributed by atoms with Crippen LogP contribution in [0.3, 0.4) is 0 Å². The highest BCUT2D eigenvalue weighted by molar-refractivity contribution is 6.07. The van der Waals surface area contributed by atoms with Crippen molar-refractivity contribution < 1.29 is 23.9 Å². The third-order valence-corrected chi connectivity index (χ3v) is 6.16. The second-order valence-electron chi connectivity index (χ2n) is 8.24. The maximum absolute atomic E-state index is 12.5. The van der Waals surface area contributed by atoms with Gasteiger partial charge in [-0.15, -0.1) is 0 Å². The Morgan fingerprint density at radius 2 is 1.38 bits per heavy atom. The van der Waals surface area contributed by atoms with Gasteiger partial charge in [-0.2, -0.15) is 0 Å². The van der Waals surface area contributed by atoms with E-state index in [0.29, 0.717) is 12.8 Å². The molecule has 0 radical (unpaired) electrons. The molecule has 1 saturated heterocycles. The van der Waals surface area contributed by atoms with E-state index in [0.717, 1.165) is 28.9 Å². The fraction of sp³-hybridized carbons (Fsp3) is 0.360. The zero-order chi connectivity index (χ0) is 22.5. The molecular weight excluding hydrogens is 408 g/mol. The Labute approximate surface area is 186 Å². The van der Waals surface area contributed by atoms with Gasteiger partial charge in [-0.05, 0) is 24.0 Å². The first-order valence-electron chi connectivity index (χ1n) is 10.9. The van der Waals surface area contributed by atoms with Crippen molar-refractivity contribution >= 4 is 23.7 Å². The Bertz CT molecular complexity index is 928. The number of rotatable bonds is 7. The van der Waals surface area contributed by atoms with E-state index in [9.17, 15) is 19.2 Å². The van der Waals surface area contributed by atoms with Gasteiger partial charge in [0.1, 0.15) is 6.54 Å². The number of hydrogen-bond donors (Lipinski definition) is 1. The number of esters is 1. The molecule has 0 spiro atoms. The van der Waals surface area contributed by atoms with Gasteiger partial charge in [0.2, 0.25) is 11.8 Å². The normalized spacial score (nSPS) is 20.2. The highest BCUT2D eigenvalue weighted by atomic mass is 16.5. The molecule has 2 fully saturated rings. The molecule has 1 heterocycles. The van der Waals surface area contributed by atoms with Gasteiger partial charge in [-0.25, -0.2) is 0 Å². The maximum Gasteiger partial charge on any atom is 0.326 e. The minimum Gasteiger partial charge on any atom is -0.454 e. The lowest BCUT2D eigenvalue weighted by molar-refractivity contribution is -0.155. The average molecular weight is 434 g/mol. The summed E-state index contributed by atoms with van der Waals surface area (Å²) in [6, 6.07) is 18.6. The second-order valence-corrected chi connectivity index (χ2v) is 8.24. The maximum atomic E-state index is 12.5. The van der Waals surface area contributed by atoms with E-state index in [1.165, 1.54) is 0 Å². The summed E-state index contributed by atoms with van der Waals surface area (Å²) in [5.41, 5.74) is 1.79. The summed E-state index contributed by atoms with van der Waals surface area (Å²) in [5, 5.41) is 2.89. The van der Waals surface area contributed by atoms with Crippen LogP contribution in [0.4, 0.5) is 0 Å². The van der Waals surface area contributed by atoms with E-state index in [1.54, 1.807) is 0 Å². The molecule has 7 nitrogen and oxygen atoms in total. The molecular formula is C25H26N2O5. The lowest BCUT2D eigenvalue weighted by Crippen LogP contribution is -2.38. The predicted octanol–water partition coefficient (Wildman–Crippen LogP) is 2.61. The minimum absolute atomic E-state index is 0.297. The van der Waals surface area contributed by atoms with Gasteiger partial charge < -0.3 is 10.1 Å². The first-order valence-corrected chi connectivity index (χ1v) is 10.9. The van der Waals surface area contributed by atoms with E-state index in [4.69, 9.17) is 4.74 Å². The summed E-state index contributed by atoms with van der Waals surface area (Å²) < 4.78 is 5.09. The number of ether oxygens (including phenoxy) is 1. The Morgan fingerprint density at radius 3 is 1.88 bits per heavy atom. The Kier molecular flexibility index (Phi) is 6.63. The SMILES string of the molecule is O=C(COC(=O)CN1C(=O)[C@@H]2CCCC[C@H]2C1=O)NC(c1ccccc1)c1ccccc1. The molecule has 1 N–H and O–H groups in total. The largest absolute Gasteiger partial charge is 0.454 e. The fourth-order valence-electron chi connectivity index (χ4n) is 4.56. The van der Waals surface area contributed by atoms with Gasteiger partial charge in [0, 0.05) is 0 Å². The van der Waals surface area contributed by atoms with Crippen LogP contribution in [-0.2, 0) is 23.9 Å². The van der Waals surface area contributed by atoms with Crippen molar-refractivity contribution in [2.24, 2.45) is 11.8 Å². The van der Waals surface area contributed by atoms with Crippen molar-refractivity contribution in [3.05, 3.63) is 71.8 Å². The van der Waals surface area contributed by atoms with Crippen molar-refractivity contribution in [2.45, 2.75) is 31.7 Å². The molecule has 7 heteroatoms. The van der Waals surface area contributed by atoms with Crippen LogP contribution in [-0.4, -0.2) is 41.7 Å². The van der Waals surface area contributed by atoms with E-state index in [1.807, 2.05) is 60.7 Å². The summed E-state index contributed by atoms with van der Waals surface area (Å²) in [6.07, 6.45) is 3.21. The lowest BCUT2D eigenvalue weighted by Gasteiger charge is -2.20. The summed E-state index contributed by atoms with van der Waals surface area (Å²) >= 11 is 0. The highest BCUT2D eigenvalue weighted by Crippen LogP contribution is 2.37. The van der Waals surface area contributed by atoms with Gasteiger partial charge >= 0.3 is 5.97 Å². The smallest absolute Gasteiger partial charge is 0.326 e. The molecule has 166 valence electrons. The van der Waals surface area contributed by atoms with Crippen LogP contribution in [0.25, 0.3) is 0 Å². The van der Waals surface area contributed by atoms with E-state index >= 15 is 0 Å². The summed E-state index contributed by atoms with van der Waals surface area (Å²) in [7, 11) is 0. The van der Waals surface area contributed by atoms with E-state index in [2.05, 4.69) is 5.32 Å². The Morgan fingerprint density at radius 1 is 0.875 bits per heavy atom. The summed E-state index contributed by atoms with van der Waals surface area (Å²) in [4.78, 5) is 50.8. The minimum atomic E-state index is -0.767. The van der Waals surface area contributed by atoms with Gasteiger partial charge in [0.25, 0.3) is 5.91 Å². The molecule has 1 saturated carbocycles. The third-order valence-electron chi connectivity index (χ3n) is 6.16. The molecule has 1 aliphatic carbocycles. The van der Waals surface area contributed by atoms with E-state index in [-0.39, 0.29) is 23.7 Å². The number of nitrogens with one attached hydrogen (secondary N) is 1. The summed E-state index contributed by atoms with van der Waals surface area (Å²) in [6.45, 7) is -0.934. The number of imide groups is 1. The van der Waals surface area contributed by atoms with Crippen molar-refractivity contribution in [1.82, 2.24) is 10.2 Å². The molecule has 2 aliphatic rings. The lowest BCUT2D eigenvalue weighted by atomic mass is 9.81. The van der Waals surface area contributed by atoms with E-state index < -0.39 is 31.1 Å². The van der Waals surface area contributed by atoms with Gasteiger partial charge in [0.15, 0.2) is 6.61 Å². The number of nitrogens with zero attached hydrogens (tertiary/aromatic N) is 1. The molecule has 2 aromatic carbocycles. The fourth-order valence-corrected chi connectivity index (χ4v) is 4.56. The van der Waals surface area contributed by atoms with Crippen molar-refractivity contribution in [3.8, 4) is 0 Å². The van der Waals surface area contributed by atoms with Crippen molar-refractivity contribution in [2.75, 3.05) is 13.2 Å². The van der Waals surface area contributed by atoms with Crippen LogP contribution in [0.2, 0.25) is 0 Å². The number of fused-ring (bicyclic) bond motifs is 1. The predicted molar refractivity (Wildman–Crippen MR) is 116 cm³/mol. The molecule has 1 aliphatic heterocycles. The molecule has 32 heavy (non-hydrogen) atoms. The highest BCUT2D eigenvalue weighted by Gasteiger charge is 2.48. The summed E-state index contributed by atoms with van der Waals surface area (Å²) in [5.74, 6) is -2.46. The van der Waals surface area contributed by atoms with Crippen molar-refractivity contribution in [1.29, 1.82) is 0 Å². The zero-order valence-electron chi connectivity index (χ0n) is 17.7. The van der Waals surface area contributed by atoms with Gasteiger partial charge in [0.05, 0.1) is 17.9 Å². The number of likely N-dealkylation sites (tertiary alicyclic amines) is 1. The molecule has 0 unspecified atom stereocenters. The molecule has 3 amide bonds. The first-order chi connectivity index (χ1) is 15.5. The first kappa shape index (κ1) is 21.7. The number of carbonyl (C=O) groups is 4. The van der Waals surface area contributed by atoms with Crippen LogP contribution >= 0.6 is 0 Å². The number of hydrogen-bond acceptors (Lipinski definition) is 5. The van der Waals surface area contributed by atoms with Crippen molar-refractivity contribution in [3.63, 3.8) is 0 Å². The molecule has 0 aromatic heterocycles. The quantitative estimate of drug-likeness (QED) is 0.534. The van der Waals surface area contributed by atoms with Crippen LogP contribution in [0.5, 0.6) is 0 Å². The van der Waals surface area contributed by atoms with Gasteiger partial charge in [-0.3, -0.25) is 24.1 Å². The van der Waals surface area contributed by atoms with Crippen LogP contribution < -0.4 is 5.32 Å². The molecule has 2 aromatic rings. The van der Waals surface area contributed by atoms with Crippen LogP contribution in [0, 0.1) is 11.8 Å². The van der Waals surface area contributed by atoms with Crippen LogP contribution in [0.15, 0.2) is 60.7 Å². The Balaban J connectivity index is 1.34. The number of benzene rings is 2. The second kappa shape index (κ2) is 9.77. The molecule has 0 bridgehead atoms. The Hall–Kier alpha value is -3.48. The average Bonchev–Trinajstić information content (AvgIpc) is 3.07. The van der Waals surface area contributed by atoms with Crippen LogP contribution in [0.1, 0.15) is 42.9 Å². The molecule has 4 rings (SSSR count). The standard InChI is InChI=1S/C25H26N2O5/c28-21(26-23(17-9-3-1-4-10-17)18-11-5-2-6-12-18)16-32-22(29)15-27-24(30)19-13-7-8-14-20(19)25(27)31/h1-6,9-12,19-20,23H,7-8,13-16H2,(H,26,28)/t19-,20-/m1/s1. The number of carbonyl (C=O) groups excluding carboxylic acids is 4. The molecule has 2 atom stereocenters. The van der Waals surface area contributed by atoms with Gasteiger partial charge in [-0.1, -0.05) is 73.5 Å². The topological polar surface area (TPSA) is 92.8 Å².